The van der Waals surface area contributed by atoms with Gasteiger partial charge in [0.15, 0.2) is 5.75 Å². The van der Waals surface area contributed by atoms with Crippen molar-refractivity contribution in [3.63, 3.8) is 0 Å². The minimum atomic E-state index is -0.0721. The number of anilines is 1. The van der Waals surface area contributed by atoms with Crippen molar-refractivity contribution in [2.75, 3.05) is 25.1 Å². The second kappa shape index (κ2) is 3.27. The molecule has 3 rings (SSSR count). The third-order valence-corrected chi connectivity index (χ3v) is 2.97. The lowest BCUT2D eigenvalue weighted by atomic mass is 10.1. The number of pyridine rings is 1. The fraction of sp³-hybridized carbons (Fsp3) is 0.250. The molecule has 1 aromatic carbocycles. The summed E-state index contributed by atoms with van der Waals surface area (Å²) in [6.07, 6.45) is 1.66. The summed E-state index contributed by atoms with van der Waals surface area (Å²) in [5, 5.41) is 1.56. The van der Waals surface area contributed by atoms with Gasteiger partial charge in [-0.05, 0) is 18.2 Å². The molecule has 0 aliphatic carbocycles. The molecule has 2 heterocycles. The molecule has 1 aromatic heterocycles. The molecule has 4 nitrogen and oxygen atoms in total. The molecule has 0 unspecified atom stereocenters. The van der Waals surface area contributed by atoms with Crippen molar-refractivity contribution in [2.24, 2.45) is 0 Å². The molecule has 0 atom stereocenters. The van der Waals surface area contributed by atoms with Crippen molar-refractivity contribution in [2.45, 2.75) is 0 Å². The Labute approximate surface area is 92.5 Å². The molecule has 1 aliphatic heterocycles. The Morgan fingerprint density at radius 1 is 1.31 bits per heavy atom. The van der Waals surface area contributed by atoms with E-state index in [0.29, 0.717) is 12.0 Å². The van der Waals surface area contributed by atoms with Gasteiger partial charge in [0.1, 0.15) is 6.61 Å². The third kappa shape index (κ3) is 1.19. The average molecular weight is 216 g/mol. The first-order valence-electron chi connectivity index (χ1n) is 5.26. The van der Waals surface area contributed by atoms with Crippen LogP contribution in [-0.2, 0) is 0 Å². The zero-order valence-corrected chi connectivity index (χ0v) is 8.99. The van der Waals surface area contributed by atoms with Gasteiger partial charge < -0.3 is 14.6 Å². The van der Waals surface area contributed by atoms with Crippen LogP contribution in [0.1, 0.15) is 0 Å². The lowest BCUT2D eigenvalue weighted by molar-refractivity contribution is 0.315. The van der Waals surface area contributed by atoms with E-state index in [9.17, 15) is 4.79 Å². The minimum absolute atomic E-state index is 0.0721. The standard InChI is InChI=1S/C12H12N2O2/c1-14-6-7-16-11-8-4-5-13-12(15)9(8)2-3-10(11)14/h2-5H,6-7H2,1H3,(H,13,15). The average Bonchev–Trinajstić information content (AvgIpc) is 2.30. The molecule has 1 aliphatic rings. The number of likely N-dealkylation sites (N-methyl/N-ethyl adjacent to an activating group) is 1. The summed E-state index contributed by atoms with van der Waals surface area (Å²) in [7, 11) is 2.03. The summed E-state index contributed by atoms with van der Waals surface area (Å²) in [4.78, 5) is 16.4. The van der Waals surface area contributed by atoms with Crippen LogP contribution in [0.15, 0.2) is 29.2 Å². The Balaban J connectivity index is 2.40. The molecule has 0 saturated heterocycles. The molecular formula is C12H12N2O2. The van der Waals surface area contributed by atoms with E-state index in [1.54, 1.807) is 6.20 Å². The largest absolute Gasteiger partial charge is 0.489 e. The van der Waals surface area contributed by atoms with E-state index in [2.05, 4.69) is 9.88 Å². The van der Waals surface area contributed by atoms with Crippen LogP contribution in [0.25, 0.3) is 10.8 Å². The predicted octanol–water partition coefficient (Wildman–Crippen LogP) is 1.36. The van der Waals surface area contributed by atoms with Gasteiger partial charge in [0.05, 0.1) is 17.6 Å². The van der Waals surface area contributed by atoms with Crippen LogP contribution in [0, 0.1) is 0 Å². The highest BCUT2D eigenvalue weighted by Crippen LogP contribution is 2.36. The van der Waals surface area contributed by atoms with Crippen molar-refractivity contribution >= 4 is 16.5 Å². The van der Waals surface area contributed by atoms with Crippen LogP contribution in [0.5, 0.6) is 5.75 Å². The monoisotopic (exact) mass is 216 g/mol. The summed E-state index contributed by atoms with van der Waals surface area (Å²) in [5.41, 5.74) is 0.974. The summed E-state index contributed by atoms with van der Waals surface area (Å²) in [6, 6.07) is 5.67. The Morgan fingerprint density at radius 2 is 2.19 bits per heavy atom. The van der Waals surface area contributed by atoms with Gasteiger partial charge in [0.2, 0.25) is 0 Å². The van der Waals surface area contributed by atoms with E-state index in [4.69, 9.17) is 4.74 Å². The summed E-state index contributed by atoms with van der Waals surface area (Å²) in [6.45, 7) is 1.54. The van der Waals surface area contributed by atoms with Gasteiger partial charge in [0.25, 0.3) is 5.56 Å². The highest BCUT2D eigenvalue weighted by molar-refractivity contribution is 5.93. The van der Waals surface area contributed by atoms with Crippen LogP contribution < -0.4 is 15.2 Å². The summed E-state index contributed by atoms with van der Waals surface area (Å²) < 4.78 is 5.67. The number of aromatic nitrogens is 1. The maximum absolute atomic E-state index is 11.6. The van der Waals surface area contributed by atoms with E-state index in [1.165, 1.54) is 0 Å². The molecule has 4 heteroatoms. The molecule has 0 fully saturated rings. The van der Waals surface area contributed by atoms with Gasteiger partial charge in [0, 0.05) is 18.6 Å². The van der Waals surface area contributed by atoms with Gasteiger partial charge >= 0.3 is 0 Å². The van der Waals surface area contributed by atoms with Crippen LogP contribution in [-0.4, -0.2) is 25.2 Å². The van der Waals surface area contributed by atoms with E-state index in [0.717, 1.165) is 23.4 Å². The number of H-pyrrole nitrogens is 1. The van der Waals surface area contributed by atoms with E-state index >= 15 is 0 Å². The number of nitrogens with one attached hydrogen (secondary N) is 1. The maximum Gasteiger partial charge on any atom is 0.255 e. The number of ether oxygens (including phenoxy) is 1. The van der Waals surface area contributed by atoms with Gasteiger partial charge in [-0.1, -0.05) is 0 Å². The first-order valence-corrected chi connectivity index (χ1v) is 5.26. The van der Waals surface area contributed by atoms with E-state index in [-0.39, 0.29) is 5.56 Å². The quantitative estimate of drug-likeness (QED) is 0.723. The molecular weight excluding hydrogens is 204 g/mol. The fourth-order valence-corrected chi connectivity index (χ4v) is 2.09. The molecule has 82 valence electrons. The Kier molecular flexibility index (Phi) is 1.89. The Morgan fingerprint density at radius 3 is 3.06 bits per heavy atom. The van der Waals surface area contributed by atoms with E-state index < -0.39 is 0 Å². The Hall–Kier alpha value is -1.97. The molecule has 0 amide bonds. The van der Waals surface area contributed by atoms with Gasteiger partial charge in [-0.3, -0.25) is 4.79 Å². The van der Waals surface area contributed by atoms with Crippen molar-refractivity contribution in [1.82, 2.24) is 4.98 Å². The number of aromatic amines is 1. The lowest BCUT2D eigenvalue weighted by Gasteiger charge is -2.28. The highest BCUT2D eigenvalue weighted by Gasteiger charge is 2.17. The van der Waals surface area contributed by atoms with Crippen LogP contribution in [0.2, 0.25) is 0 Å². The van der Waals surface area contributed by atoms with Crippen molar-refractivity contribution in [3.05, 3.63) is 34.7 Å². The van der Waals surface area contributed by atoms with Crippen LogP contribution in [0.4, 0.5) is 5.69 Å². The molecule has 0 bridgehead atoms. The lowest BCUT2D eigenvalue weighted by Crippen LogP contribution is -2.29. The molecule has 2 aromatic rings. The van der Waals surface area contributed by atoms with E-state index in [1.807, 2.05) is 25.2 Å². The van der Waals surface area contributed by atoms with Crippen LogP contribution in [0.3, 0.4) is 0 Å². The smallest absolute Gasteiger partial charge is 0.255 e. The maximum atomic E-state index is 11.6. The summed E-state index contributed by atoms with van der Waals surface area (Å²) >= 11 is 0. The number of rotatable bonds is 0. The molecule has 0 saturated carbocycles. The first-order chi connectivity index (χ1) is 7.77. The van der Waals surface area contributed by atoms with Gasteiger partial charge in [-0.2, -0.15) is 0 Å². The number of fused-ring (bicyclic) bond motifs is 3. The molecule has 0 spiro atoms. The van der Waals surface area contributed by atoms with Crippen molar-refractivity contribution in [1.29, 1.82) is 0 Å². The zero-order valence-electron chi connectivity index (χ0n) is 8.99. The summed E-state index contributed by atoms with van der Waals surface area (Å²) in [5.74, 6) is 0.817. The number of benzene rings is 1. The highest BCUT2D eigenvalue weighted by atomic mass is 16.5. The number of nitrogens with zero attached hydrogens (tertiary/aromatic N) is 1. The Bertz CT molecular complexity index is 603. The normalized spacial score (nSPS) is 14.7. The van der Waals surface area contributed by atoms with Gasteiger partial charge in [-0.15, -0.1) is 0 Å². The second-order valence-corrected chi connectivity index (χ2v) is 3.95. The zero-order chi connectivity index (χ0) is 11.1. The van der Waals surface area contributed by atoms with Crippen molar-refractivity contribution in [3.8, 4) is 5.75 Å². The molecule has 0 radical (unpaired) electrons. The topological polar surface area (TPSA) is 45.3 Å². The predicted molar refractivity (Wildman–Crippen MR) is 63.3 cm³/mol. The molecule has 16 heavy (non-hydrogen) atoms. The fourth-order valence-electron chi connectivity index (χ4n) is 2.09. The van der Waals surface area contributed by atoms with Gasteiger partial charge in [-0.25, -0.2) is 0 Å². The second-order valence-electron chi connectivity index (χ2n) is 3.95. The number of hydrogen-bond acceptors (Lipinski definition) is 3. The van der Waals surface area contributed by atoms with Crippen molar-refractivity contribution < 1.29 is 4.74 Å². The number of hydrogen-bond donors (Lipinski definition) is 1. The SMILES string of the molecule is CN1CCOc2c1ccc1c(=O)[nH]ccc21. The first kappa shape index (κ1) is 9.27. The minimum Gasteiger partial charge on any atom is -0.489 e. The third-order valence-electron chi connectivity index (χ3n) is 2.97. The molecule has 1 N–H and O–H groups in total. The van der Waals surface area contributed by atoms with Crippen LogP contribution >= 0.6 is 0 Å².